The summed E-state index contributed by atoms with van der Waals surface area (Å²) >= 11 is 11.9. The Bertz CT molecular complexity index is 946. The molecule has 1 amide bonds. The summed E-state index contributed by atoms with van der Waals surface area (Å²) in [7, 11) is 0. The predicted octanol–water partition coefficient (Wildman–Crippen LogP) is 1.10. The Morgan fingerprint density at radius 3 is 2.59 bits per heavy atom. The SMILES string of the molecule is O=C(NN=Cc1ccc(Cl)cc1Cl)c1ccc[n+](Cc2ccccc2)c1.[Cl-]. The highest BCUT2D eigenvalue weighted by Gasteiger charge is 2.10. The second-order valence-electron chi connectivity index (χ2n) is 5.62. The molecule has 0 atom stereocenters. The van der Waals surface area contributed by atoms with Gasteiger partial charge in [-0.1, -0.05) is 59.6 Å². The summed E-state index contributed by atoms with van der Waals surface area (Å²) in [6.07, 6.45) is 5.19. The van der Waals surface area contributed by atoms with Crippen LogP contribution in [0.2, 0.25) is 10.0 Å². The number of nitrogens with zero attached hydrogens (tertiary/aromatic N) is 2. The summed E-state index contributed by atoms with van der Waals surface area (Å²) in [5.41, 5.74) is 4.85. The summed E-state index contributed by atoms with van der Waals surface area (Å²) in [6.45, 7) is 0.686. The number of rotatable bonds is 5. The van der Waals surface area contributed by atoms with Crippen LogP contribution in [0, 0.1) is 0 Å². The Morgan fingerprint density at radius 1 is 1.07 bits per heavy atom. The van der Waals surface area contributed by atoms with Gasteiger partial charge in [-0.25, -0.2) is 5.43 Å². The number of hydrazone groups is 1. The lowest BCUT2D eigenvalue weighted by Gasteiger charge is -2.01. The zero-order valence-electron chi connectivity index (χ0n) is 14.1. The number of benzene rings is 2. The number of halogens is 3. The Hall–Kier alpha value is -2.40. The number of hydrogen-bond acceptors (Lipinski definition) is 2. The van der Waals surface area contributed by atoms with E-state index in [1.165, 1.54) is 6.21 Å². The molecule has 1 heterocycles. The van der Waals surface area contributed by atoms with Gasteiger partial charge in [0.2, 0.25) is 0 Å². The molecule has 27 heavy (non-hydrogen) atoms. The molecule has 0 saturated carbocycles. The zero-order chi connectivity index (χ0) is 18.4. The van der Waals surface area contributed by atoms with Crippen molar-refractivity contribution in [2.75, 3.05) is 0 Å². The van der Waals surface area contributed by atoms with E-state index in [0.717, 1.165) is 5.56 Å². The maximum atomic E-state index is 12.3. The molecule has 3 rings (SSSR count). The monoisotopic (exact) mass is 419 g/mol. The first-order valence-electron chi connectivity index (χ1n) is 7.93. The second kappa shape index (κ2) is 10.1. The van der Waals surface area contributed by atoms with Crippen LogP contribution in [0.4, 0.5) is 0 Å². The number of pyridine rings is 1. The van der Waals surface area contributed by atoms with Crippen LogP contribution in [0.25, 0.3) is 0 Å². The largest absolute Gasteiger partial charge is 1.00 e. The van der Waals surface area contributed by atoms with E-state index >= 15 is 0 Å². The molecular formula is C20H16Cl3N3O. The van der Waals surface area contributed by atoms with Crippen molar-refractivity contribution in [3.05, 3.63) is 99.8 Å². The van der Waals surface area contributed by atoms with E-state index in [1.54, 1.807) is 30.5 Å². The number of nitrogens with one attached hydrogen (secondary N) is 1. The number of hydrogen-bond donors (Lipinski definition) is 1. The van der Waals surface area contributed by atoms with Crippen LogP contribution in [-0.2, 0) is 6.54 Å². The van der Waals surface area contributed by atoms with E-state index in [0.29, 0.717) is 27.7 Å². The molecule has 138 valence electrons. The van der Waals surface area contributed by atoms with Crippen molar-refractivity contribution >= 4 is 35.3 Å². The van der Waals surface area contributed by atoms with Crippen molar-refractivity contribution in [3.8, 4) is 0 Å². The van der Waals surface area contributed by atoms with Gasteiger partial charge in [-0.2, -0.15) is 9.67 Å². The van der Waals surface area contributed by atoms with Crippen LogP contribution in [0.1, 0.15) is 21.5 Å². The Labute approximate surface area is 173 Å². The minimum Gasteiger partial charge on any atom is -1.00 e. The molecule has 7 heteroatoms. The van der Waals surface area contributed by atoms with Crippen molar-refractivity contribution < 1.29 is 21.8 Å². The highest BCUT2D eigenvalue weighted by molar-refractivity contribution is 6.36. The Kier molecular flexibility index (Phi) is 7.80. The molecule has 0 aliphatic heterocycles. The fraction of sp³-hybridized carbons (Fsp3) is 0.0500. The van der Waals surface area contributed by atoms with Crippen LogP contribution in [0.5, 0.6) is 0 Å². The molecule has 0 saturated heterocycles. The first-order chi connectivity index (χ1) is 12.6. The fourth-order valence-corrected chi connectivity index (χ4v) is 2.84. The van der Waals surface area contributed by atoms with Crippen LogP contribution in [-0.4, -0.2) is 12.1 Å². The number of aromatic nitrogens is 1. The molecule has 0 aliphatic carbocycles. The van der Waals surface area contributed by atoms with Crippen LogP contribution in [0.15, 0.2) is 78.2 Å². The summed E-state index contributed by atoms with van der Waals surface area (Å²) in [6, 6.07) is 18.7. The third-order valence-electron chi connectivity index (χ3n) is 3.66. The summed E-state index contributed by atoms with van der Waals surface area (Å²) in [4.78, 5) is 12.3. The minimum absolute atomic E-state index is 0. The Balaban J connectivity index is 0.00000261. The average Bonchev–Trinajstić information content (AvgIpc) is 2.64. The highest BCUT2D eigenvalue weighted by atomic mass is 35.5. The normalized spacial score (nSPS) is 10.4. The molecule has 2 aromatic carbocycles. The van der Waals surface area contributed by atoms with Crippen molar-refractivity contribution in [2.45, 2.75) is 6.54 Å². The van der Waals surface area contributed by atoms with Crippen LogP contribution >= 0.6 is 23.2 Å². The minimum atomic E-state index is -0.297. The second-order valence-corrected chi connectivity index (χ2v) is 6.46. The number of amides is 1. The molecule has 3 aromatic rings. The molecule has 1 aromatic heterocycles. The number of carbonyl (C=O) groups is 1. The van der Waals surface area contributed by atoms with Crippen LogP contribution in [0.3, 0.4) is 0 Å². The van der Waals surface area contributed by atoms with E-state index in [2.05, 4.69) is 10.5 Å². The molecule has 0 radical (unpaired) electrons. The molecular weight excluding hydrogens is 405 g/mol. The van der Waals surface area contributed by atoms with Crippen molar-refractivity contribution in [1.82, 2.24) is 5.43 Å². The van der Waals surface area contributed by atoms with E-state index in [-0.39, 0.29) is 18.3 Å². The standard InChI is InChI=1S/C20H15Cl2N3O.ClH/c21-18-9-8-16(19(22)11-18)12-23-24-20(26)17-7-4-10-25(14-17)13-15-5-2-1-3-6-15;/h1-12,14H,13H2;1H. The van der Waals surface area contributed by atoms with Gasteiger partial charge in [0.05, 0.1) is 11.2 Å². The van der Waals surface area contributed by atoms with Crippen molar-refractivity contribution in [1.29, 1.82) is 0 Å². The molecule has 1 N–H and O–H groups in total. The molecule has 4 nitrogen and oxygen atoms in total. The van der Waals surface area contributed by atoms with E-state index < -0.39 is 0 Å². The summed E-state index contributed by atoms with van der Waals surface area (Å²) < 4.78 is 1.95. The van der Waals surface area contributed by atoms with Gasteiger partial charge in [-0.3, -0.25) is 4.79 Å². The molecule has 0 unspecified atom stereocenters. The smallest absolute Gasteiger partial charge is 0.277 e. The topological polar surface area (TPSA) is 45.3 Å². The highest BCUT2D eigenvalue weighted by Crippen LogP contribution is 2.19. The summed E-state index contributed by atoms with van der Waals surface area (Å²) in [5, 5.41) is 4.97. The predicted molar refractivity (Wildman–Crippen MR) is 104 cm³/mol. The first kappa shape index (κ1) is 20.9. The zero-order valence-corrected chi connectivity index (χ0v) is 16.4. The molecule has 0 spiro atoms. The lowest BCUT2D eigenvalue weighted by molar-refractivity contribution is -0.688. The molecule has 0 bridgehead atoms. The van der Waals surface area contributed by atoms with E-state index in [1.807, 2.05) is 47.2 Å². The van der Waals surface area contributed by atoms with Gasteiger partial charge in [0.15, 0.2) is 18.9 Å². The maximum Gasteiger partial charge on any atom is 0.277 e. The third kappa shape index (κ3) is 6.07. The van der Waals surface area contributed by atoms with Crippen molar-refractivity contribution in [3.63, 3.8) is 0 Å². The van der Waals surface area contributed by atoms with Gasteiger partial charge in [-0.05, 0) is 18.2 Å². The lowest BCUT2D eigenvalue weighted by Crippen LogP contribution is -3.00. The lowest BCUT2D eigenvalue weighted by atomic mass is 10.2. The molecule has 0 aliphatic rings. The van der Waals surface area contributed by atoms with Gasteiger partial charge in [-0.15, -0.1) is 0 Å². The van der Waals surface area contributed by atoms with Gasteiger partial charge < -0.3 is 12.4 Å². The van der Waals surface area contributed by atoms with Gasteiger partial charge in [0, 0.05) is 22.2 Å². The van der Waals surface area contributed by atoms with Crippen LogP contribution < -0.4 is 22.4 Å². The van der Waals surface area contributed by atoms with E-state index in [9.17, 15) is 4.79 Å². The van der Waals surface area contributed by atoms with Gasteiger partial charge in [0.1, 0.15) is 5.56 Å². The summed E-state index contributed by atoms with van der Waals surface area (Å²) in [5.74, 6) is -0.297. The average molecular weight is 421 g/mol. The van der Waals surface area contributed by atoms with Gasteiger partial charge in [0.25, 0.3) is 5.91 Å². The number of carbonyl (C=O) groups excluding carboxylic acids is 1. The third-order valence-corrected chi connectivity index (χ3v) is 4.22. The Morgan fingerprint density at radius 2 is 1.85 bits per heavy atom. The van der Waals surface area contributed by atoms with Crippen molar-refractivity contribution in [2.24, 2.45) is 5.10 Å². The maximum absolute atomic E-state index is 12.3. The quantitative estimate of drug-likeness (QED) is 0.375. The van der Waals surface area contributed by atoms with E-state index in [4.69, 9.17) is 23.2 Å². The molecule has 0 fully saturated rings. The van der Waals surface area contributed by atoms with Gasteiger partial charge >= 0.3 is 0 Å². The first-order valence-corrected chi connectivity index (χ1v) is 8.69. The fourth-order valence-electron chi connectivity index (χ4n) is 2.38.